The number of rotatable bonds is 0. The van der Waals surface area contributed by atoms with Gasteiger partial charge in [0.1, 0.15) is 5.60 Å². The molecule has 3 atom stereocenters. The standard InChI is InChI=1S/C14H22O/c1-5-6-8-14(15)10-11-7-9-13(14,4)12(11,2)3/h11,15H,5,7,9-10H2,1-4H3/t11-,13-,14-/m1/s1. The minimum absolute atomic E-state index is 0.00711. The van der Waals surface area contributed by atoms with Crippen LogP contribution in [0, 0.1) is 28.6 Å². The van der Waals surface area contributed by atoms with Gasteiger partial charge in [0.2, 0.25) is 0 Å². The SMILES string of the molecule is CCC#C[C@@]1(O)C[C@H]2CC[C@]1(C)C2(C)C. The third kappa shape index (κ3) is 1.15. The molecule has 0 aromatic rings. The molecule has 1 N–H and O–H groups in total. The number of hydrogen-bond acceptors (Lipinski definition) is 1. The average Bonchev–Trinajstić information content (AvgIpc) is 2.47. The van der Waals surface area contributed by atoms with Crippen molar-refractivity contribution in [3.05, 3.63) is 0 Å². The predicted molar refractivity (Wildman–Crippen MR) is 62.2 cm³/mol. The Balaban J connectivity index is 2.41. The summed E-state index contributed by atoms with van der Waals surface area (Å²) < 4.78 is 0. The quantitative estimate of drug-likeness (QED) is 0.604. The highest BCUT2D eigenvalue weighted by Crippen LogP contribution is 2.69. The highest BCUT2D eigenvalue weighted by atomic mass is 16.3. The van der Waals surface area contributed by atoms with Crippen LogP contribution in [0.2, 0.25) is 0 Å². The van der Waals surface area contributed by atoms with Crippen LogP contribution in [-0.2, 0) is 0 Å². The van der Waals surface area contributed by atoms with Gasteiger partial charge < -0.3 is 5.11 Å². The molecule has 1 nitrogen and oxygen atoms in total. The summed E-state index contributed by atoms with van der Waals surface area (Å²) >= 11 is 0. The minimum atomic E-state index is -0.727. The summed E-state index contributed by atoms with van der Waals surface area (Å²) in [7, 11) is 0. The first-order valence-electron chi connectivity index (χ1n) is 6.10. The van der Waals surface area contributed by atoms with Gasteiger partial charge in [0.15, 0.2) is 0 Å². The fraction of sp³-hybridized carbons (Fsp3) is 0.857. The molecule has 2 aliphatic rings. The smallest absolute Gasteiger partial charge is 0.131 e. The Morgan fingerprint density at radius 3 is 2.40 bits per heavy atom. The normalized spacial score (nSPS) is 46.3. The van der Waals surface area contributed by atoms with Crippen molar-refractivity contribution in [2.75, 3.05) is 0 Å². The highest BCUT2D eigenvalue weighted by molar-refractivity contribution is 5.29. The Morgan fingerprint density at radius 2 is 2.00 bits per heavy atom. The first-order chi connectivity index (χ1) is 6.87. The van der Waals surface area contributed by atoms with Crippen molar-refractivity contribution in [1.29, 1.82) is 0 Å². The first kappa shape index (κ1) is 11.0. The summed E-state index contributed by atoms with van der Waals surface area (Å²) in [6.45, 7) is 8.87. The minimum Gasteiger partial charge on any atom is -0.377 e. The van der Waals surface area contributed by atoms with Crippen molar-refractivity contribution in [3.8, 4) is 11.8 Å². The molecule has 2 saturated carbocycles. The van der Waals surface area contributed by atoms with Crippen LogP contribution < -0.4 is 0 Å². The van der Waals surface area contributed by atoms with Crippen LogP contribution in [-0.4, -0.2) is 10.7 Å². The van der Waals surface area contributed by atoms with Crippen LogP contribution in [0.25, 0.3) is 0 Å². The Bertz CT molecular complexity index is 333. The summed E-state index contributed by atoms with van der Waals surface area (Å²) in [5.41, 5.74) is -0.494. The maximum Gasteiger partial charge on any atom is 0.131 e. The lowest BCUT2D eigenvalue weighted by Crippen LogP contribution is -2.46. The van der Waals surface area contributed by atoms with Crippen molar-refractivity contribution in [2.24, 2.45) is 16.7 Å². The molecule has 2 rings (SSSR count). The lowest BCUT2D eigenvalue weighted by molar-refractivity contribution is -0.0433. The molecule has 2 aliphatic carbocycles. The zero-order chi connectivity index (χ0) is 11.3. The zero-order valence-electron chi connectivity index (χ0n) is 10.4. The fourth-order valence-corrected chi connectivity index (χ4v) is 3.70. The Morgan fingerprint density at radius 1 is 1.33 bits per heavy atom. The predicted octanol–water partition coefficient (Wildman–Crippen LogP) is 2.98. The summed E-state index contributed by atoms with van der Waals surface area (Å²) in [5.74, 6) is 6.87. The summed E-state index contributed by atoms with van der Waals surface area (Å²) in [6.07, 6.45) is 4.10. The van der Waals surface area contributed by atoms with Crippen molar-refractivity contribution in [1.82, 2.24) is 0 Å². The molecule has 0 aromatic heterocycles. The molecule has 0 spiro atoms. The van der Waals surface area contributed by atoms with Gasteiger partial charge in [-0.25, -0.2) is 0 Å². The molecular formula is C14H22O. The van der Waals surface area contributed by atoms with E-state index in [1.165, 1.54) is 6.42 Å². The molecule has 0 amide bonds. The van der Waals surface area contributed by atoms with Gasteiger partial charge in [0.05, 0.1) is 0 Å². The molecule has 1 heteroatoms. The van der Waals surface area contributed by atoms with Gasteiger partial charge in [-0.15, -0.1) is 5.92 Å². The van der Waals surface area contributed by atoms with E-state index in [0.29, 0.717) is 5.92 Å². The molecule has 0 unspecified atom stereocenters. The van der Waals surface area contributed by atoms with Gasteiger partial charge >= 0.3 is 0 Å². The van der Waals surface area contributed by atoms with Crippen molar-refractivity contribution in [2.45, 2.75) is 59.0 Å². The van der Waals surface area contributed by atoms with Crippen LogP contribution in [0.3, 0.4) is 0 Å². The average molecular weight is 206 g/mol. The Labute approximate surface area is 93.3 Å². The van der Waals surface area contributed by atoms with Gasteiger partial charge in [-0.05, 0) is 30.6 Å². The van der Waals surface area contributed by atoms with Gasteiger partial charge in [-0.1, -0.05) is 33.6 Å². The molecule has 0 aliphatic heterocycles. The largest absolute Gasteiger partial charge is 0.377 e. The van der Waals surface area contributed by atoms with E-state index in [4.69, 9.17) is 0 Å². The third-order valence-corrected chi connectivity index (χ3v) is 5.36. The third-order valence-electron chi connectivity index (χ3n) is 5.36. The summed E-state index contributed by atoms with van der Waals surface area (Å²) in [4.78, 5) is 0. The lowest BCUT2D eigenvalue weighted by Gasteiger charge is -2.42. The summed E-state index contributed by atoms with van der Waals surface area (Å²) in [5, 5.41) is 10.7. The van der Waals surface area contributed by atoms with Crippen LogP contribution in [0.4, 0.5) is 0 Å². The van der Waals surface area contributed by atoms with Gasteiger partial charge in [-0.3, -0.25) is 0 Å². The van der Waals surface area contributed by atoms with Gasteiger partial charge in [0, 0.05) is 11.8 Å². The van der Waals surface area contributed by atoms with E-state index in [0.717, 1.165) is 19.3 Å². The monoisotopic (exact) mass is 206 g/mol. The van der Waals surface area contributed by atoms with E-state index in [1.807, 2.05) is 6.92 Å². The molecule has 0 aromatic carbocycles. The topological polar surface area (TPSA) is 20.2 Å². The molecular weight excluding hydrogens is 184 g/mol. The second kappa shape index (κ2) is 3.01. The number of hydrogen-bond donors (Lipinski definition) is 1. The Kier molecular flexibility index (Phi) is 2.21. The second-order valence-corrected chi connectivity index (χ2v) is 6.01. The second-order valence-electron chi connectivity index (χ2n) is 6.01. The maximum absolute atomic E-state index is 10.7. The van der Waals surface area contributed by atoms with Crippen molar-refractivity contribution < 1.29 is 5.11 Å². The first-order valence-corrected chi connectivity index (χ1v) is 6.10. The molecule has 2 fully saturated rings. The molecule has 84 valence electrons. The Hall–Kier alpha value is -0.480. The highest BCUT2D eigenvalue weighted by Gasteiger charge is 2.68. The number of aliphatic hydroxyl groups is 1. The van der Waals surface area contributed by atoms with Crippen LogP contribution in [0.15, 0.2) is 0 Å². The molecule has 0 saturated heterocycles. The van der Waals surface area contributed by atoms with E-state index >= 15 is 0 Å². The van der Waals surface area contributed by atoms with Gasteiger partial charge in [0.25, 0.3) is 0 Å². The zero-order valence-corrected chi connectivity index (χ0v) is 10.4. The van der Waals surface area contributed by atoms with Crippen molar-refractivity contribution >= 4 is 0 Å². The number of fused-ring (bicyclic) bond motifs is 2. The van der Waals surface area contributed by atoms with E-state index < -0.39 is 5.60 Å². The van der Waals surface area contributed by atoms with Crippen molar-refractivity contribution in [3.63, 3.8) is 0 Å². The molecule has 2 bridgehead atoms. The van der Waals surface area contributed by atoms with Crippen LogP contribution in [0.5, 0.6) is 0 Å². The summed E-state index contributed by atoms with van der Waals surface area (Å²) in [6, 6.07) is 0. The fourth-order valence-electron chi connectivity index (χ4n) is 3.70. The van der Waals surface area contributed by atoms with Crippen LogP contribution >= 0.6 is 0 Å². The molecule has 15 heavy (non-hydrogen) atoms. The molecule has 0 heterocycles. The van der Waals surface area contributed by atoms with E-state index in [2.05, 4.69) is 32.6 Å². The van der Waals surface area contributed by atoms with Crippen LogP contribution in [0.1, 0.15) is 53.4 Å². The lowest BCUT2D eigenvalue weighted by atomic mass is 9.64. The van der Waals surface area contributed by atoms with E-state index in [1.54, 1.807) is 0 Å². The molecule has 0 radical (unpaired) electrons. The van der Waals surface area contributed by atoms with E-state index in [9.17, 15) is 5.11 Å². The van der Waals surface area contributed by atoms with E-state index in [-0.39, 0.29) is 10.8 Å². The maximum atomic E-state index is 10.7. The van der Waals surface area contributed by atoms with Gasteiger partial charge in [-0.2, -0.15) is 0 Å².